The van der Waals surface area contributed by atoms with E-state index in [4.69, 9.17) is 4.74 Å². The maximum absolute atomic E-state index is 12.5. The molecule has 24 heavy (non-hydrogen) atoms. The molecule has 3 rings (SSSR count). The fraction of sp³-hybridized carbons (Fsp3) is 0.500. The van der Waals surface area contributed by atoms with E-state index in [2.05, 4.69) is 6.58 Å². The molecule has 1 aromatic carbocycles. The number of hydrogen-bond donors (Lipinski definition) is 0. The molecule has 4 heteroatoms. The second-order valence-electron chi connectivity index (χ2n) is 6.92. The fourth-order valence-corrected chi connectivity index (χ4v) is 3.71. The van der Waals surface area contributed by atoms with E-state index in [0.717, 1.165) is 36.8 Å². The number of rotatable bonds is 5. The van der Waals surface area contributed by atoms with Gasteiger partial charge in [-0.3, -0.25) is 9.59 Å². The normalized spacial score (nSPS) is 24.4. The van der Waals surface area contributed by atoms with Crippen molar-refractivity contribution in [1.29, 1.82) is 0 Å². The van der Waals surface area contributed by atoms with Crippen molar-refractivity contribution in [3.05, 3.63) is 48.0 Å². The smallest absolute Gasteiger partial charge is 0.321 e. The summed E-state index contributed by atoms with van der Waals surface area (Å²) in [7, 11) is 0. The second-order valence-corrected chi connectivity index (χ2v) is 6.92. The summed E-state index contributed by atoms with van der Waals surface area (Å²) in [4.78, 5) is 26.8. The van der Waals surface area contributed by atoms with Gasteiger partial charge in [-0.15, -0.1) is 0 Å². The van der Waals surface area contributed by atoms with Gasteiger partial charge in [0, 0.05) is 6.54 Å². The Morgan fingerprint density at radius 2 is 1.88 bits per heavy atom. The van der Waals surface area contributed by atoms with Gasteiger partial charge in [-0.2, -0.15) is 0 Å². The van der Waals surface area contributed by atoms with E-state index >= 15 is 0 Å². The molecule has 1 aliphatic carbocycles. The average Bonchev–Trinajstić information content (AvgIpc) is 2.58. The molecule has 2 atom stereocenters. The maximum Gasteiger partial charge on any atom is 0.321 e. The minimum atomic E-state index is -0.715. The first kappa shape index (κ1) is 16.7. The summed E-state index contributed by atoms with van der Waals surface area (Å²) in [6, 6.07) is 9.55. The number of nitrogens with zero attached hydrogens (tertiary/aromatic N) is 1. The van der Waals surface area contributed by atoms with Gasteiger partial charge in [-0.25, -0.2) is 0 Å². The summed E-state index contributed by atoms with van der Waals surface area (Å²) < 4.78 is 5.62. The van der Waals surface area contributed by atoms with E-state index in [9.17, 15) is 9.59 Å². The van der Waals surface area contributed by atoms with Gasteiger partial charge in [0.25, 0.3) is 0 Å². The number of amides is 1. The first-order valence-electron chi connectivity index (χ1n) is 8.78. The Kier molecular flexibility index (Phi) is 5.03. The number of carbonyl (C=O) groups excluding carboxylic acids is 2. The predicted molar refractivity (Wildman–Crippen MR) is 92.0 cm³/mol. The number of esters is 1. The molecule has 0 unspecified atom stereocenters. The molecule has 1 saturated heterocycles. The first-order chi connectivity index (χ1) is 11.6. The topological polar surface area (TPSA) is 46.6 Å². The molecule has 1 aliphatic heterocycles. The summed E-state index contributed by atoms with van der Waals surface area (Å²) in [5.41, 5.74) is 1.88. The van der Waals surface area contributed by atoms with Crippen LogP contribution in [0.4, 0.5) is 0 Å². The molecule has 2 fully saturated rings. The Morgan fingerprint density at radius 3 is 2.50 bits per heavy atom. The summed E-state index contributed by atoms with van der Waals surface area (Å²) in [5, 5.41) is 0. The van der Waals surface area contributed by atoms with Gasteiger partial charge in [0.1, 0.15) is 6.10 Å². The zero-order valence-corrected chi connectivity index (χ0v) is 14.2. The Labute approximate surface area is 143 Å². The Morgan fingerprint density at radius 1 is 1.21 bits per heavy atom. The predicted octanol–water partition coefficient (Wildman–Crippen LogP) is 3.47. The third-order valence-corrected chi connectivity index (χ3v) is 4.99. The van der Waals surface area contributed by atoms with Crippen molar-refractivity contribution in [3.8, 4) is 0 Å². The van der Waals surface area contributed by atoms with Crippen LogP contribution in [0.5, 0.6) is 0 Å². The SMILES string of the molecule is C=C(C)[C@H]1[C@H](C(=O)OC2CCCCC2)C(=O)N1Cc1ccccc1. The average molecular weight is 327 g/mol. The van der Waals surface area contributed by atoms with E-state index in [0.29, 0.717) is 6.54 Å². The quantitative estimate of drug-likeness (QED) is 0.360. The van der Waals surface area contributed by atoms with Crippen LogP contribution in [0.1, 0.15) is 44.6 Å². The highest BCUT2D eigenvalue weighted by Crippen LogP contribution is 2.35. The van der Waals surface area contributed by atoms with Gasteiger partial charge in [0.15, 0.2) is 5.92 Å². The van der Waals surface area contributed by atoms with Crippen molar-refractivity contribution in [2.24, 2.45) is 5.92 Å². The Balaban J connectivity index is 1.66. The van der Waals surface area contributed by atoms with Gasteiger partial charge in [-0.05, 0) is 38.2 Å². The minimum Gasteiger partial charge on any atom is -0.462 e. The standard InChI is InChI=1S/C20H25NO3/c1-14(2)18-17(20(23)24-16-11-7-4-8-12-16)19(22)21(18)13-15-9-5-3-6-10-15/h3,5-6,9-10,16-18H,1,4,7-8,11-13H2,2H3/t17-,18-/m0/s1. The van der Waals surface area contributed by atoms with Crippen LogP contribution < -0.4 is 0 Å². The lowest BCUT2D eigenvalue weighted by Gasteiger charge is -2.46. The molecule has 0 N–H and O–H groups in total. The highest BCUT2D eigenvalue weighted by atomic mass is 16.5. The van der Waals surface area contributed by atoms with Crippen LogP contribution >= 0.6 is 0 Å². The molecular weight excluding hydrogens is 302 g/mol. The molecule has 1 aromatic rings. The van der Waals surface area contributed by atoms with E-state index in [1.807, 2.05) is 37.3 Å². The molecule has 0 spiro atoms. The third-order valence-electron chi connectivity index (χ3n) is 4.99. The Hall–Kier alpha value is -2.10. The minimum absolute atomic E-state index is 0.0204. The van der Waals surface area contributed by atoms with Crippen LogP contribution in [0, 0.1) is 5.92 Å². The van der Waals surface area contributed by atoms with Crippen molar-refractivity contribution < 1.29 is 14.3 Å². The molecule has 0 radical (unpaired) electrons. The monoisotopic (exact) mass is 327 g/mol. The van der Waals surface area contributed by atoms with Gasteiger partial charge >= 0.3 is 5.97 Å². The van der Waals surface area contributed by atoms with Gasteiger partial charge in [0.2, 0.25) is 5.91 Å². The highest BCUT2D eigenvalue weighted by molar-refractivity contribution is 6.04. The largest absolute Gasteiger partial charge is 0.462 e. The number of likely N-dealkylation sites (tertiary alicyclic amines) is 1. The van der Waals surface area contributed by atoms with E-state index in [1.165, 1.54) is 6.42 Å². The van der Waals surface area contributed by atoms with Crippen LogP contribution in [0.15, 0.2) is 42.5 Å². The molecule has 128 valence electrons. The lowest BCUT2D eigenvalue weighted by Crippen LogP contribution is -2.63. The molecule has 0 bridgehead atoms. The lowest BCUT2D eigenvalue weighted by atomic mass is 9.82. The highest BCUT2D eigenvalue weighted by Gasteiger charge is 2.53. The number of ether oxygens (including phenoxy) is 1. The van der Waals surface area contributed by atoms with Crippen molar-refractivity contribution in [2.75, 3.05) is 0 Å². The van der Waals surface area contributed by atoms with E-state index in [-0.39, 0.29) is 24.0 Å². The number of hydrogen-bond acceptors (Lipinski definition) is 3. The molecule has 4 nitrogen and oxygen atoms in total. The third kappa shape index (κ3) is 3.37. The van der Waals surface area contributed by atoms with Crippen molar-refractivity contribution in [2.45, 2.75) is 57.7 Å². The van der Waals surface area contributed by atoms with Crippen LogP contribution in [-0.4, -0.2) is 28.9 Å². The maximum atomic E-state index is 12.5. The Bertz CT molecular complexity index is 619. The second kappa shape index (κ2) is 7.20. The van der Waals surface area contributed by atoms with Crippen LogP contribution in [-0.2, 0) is 20.9 Å². The van der Waals surface area contributed by atoms with E-state index < -0.39 is 5.92 Å². The first-order valence-corrected chi connectivity index (χ1v) is 8.78. The van der Waals surface area contributed by atoms with Gasteiger partial charge < -0.3 is 9.64 Å². The number of β-lactam (4-membered cyclic amide) rings is 1. The zero-order chi connectivity index (χ0) is 17.1. The summed E-state index contributed by atoms with van der Waals surface area (Å²) in [5.74, 6) is -1.23. The van der Waals surface area contributed by atoms with Crippen molar-refractivity contribution >= 4 is 11.9 Å². The number of benzene rings is 1. The molecule has 1 amide bonds. The van der Waals surface area contributed by atoms with Crippen molar-refractivity contribution in [3.63, 3.8) is 0 Å². The molecule has 1 heterocycles. The molecule has 2 aliphatic rings. The van der Waals surface area contributed by atoms with E-state index in [1.54, 1.807) is 4.90 Å². The van der Waals surface area contributed by atoms with Crippen LogP contribution in [0.2, 0.25) is 0 Å². The molecule has 1 saturated carbocycles. The van der Waals surface area contributed by atoms with Gasteiger partial charge in [-0.1, -0.05) is 48.9 Å². The summed E-state index contributed by atoms with van der Waals surface area (Å²) in [6.45, 7) is 6.36. The lowest BCUT2D eigenvalue weighted by molar-refractivity contribution is -0.175. The van der Waals surface area contributed by atoms with Crippen LogP contribution in [0.3, 0.4) is 0 Å². The number of carbonyl (C=O) groups is 2. The zero-order valence-electron chi connectivity index (χ0n) is 14.2. The summed E-state index contributed by atoms with van der Waals surface area (Å²) >= 11 is 0. The molecule has 0 aromatic heterocycles. The molecular formula is C20H25NO3. The fourth-order valence-electron chi connectivity index (χ4n) is 3.71. The van der Waals surface area contributed by atoms with Gasteiger partial charge in [0.05, 0.1) is 6.04 Å². The summed E-state index contributed by atoms with van der Waals surface area (Å²) in [6.07, 6.45) is 5.21. The van der Waals surface area contributed by atoms with Crippen molar-refractivity contribution in [1.82, 2.24) is 4.90 Å². The van der Waals surface area contributed by atoms with Crippen LogP contribution in [0.25, 0.3) is 0 Å².